The highest BCUT2D eigenvalue weighted by molar-refractivity contribution is 5.91. The summed E-state index contributed by atoms with van der Waals surface area (Å²) in [7, 11) is 0. The Hall–Kier alpha value is -1.38. The monoisotopic (exact) mass is 287 g/mol. The maximum Gasteiger partial charge on any atom is 0.224 e. The zero-order valence-electron chi connectivity index (χ0n) is 12.3. The molecule has 4 aliphatic carbocycles. The fraction of sp³-hybridized carbons (Fsp3) is 0.611. The van der Waals surface area contributed by atoms with E-state index in [2.05, 4.69) is 5.32 Å². The van der Waals surface area contributed by atoms with Crippen LogP contribution in [-0.4, -0.2) is 5.91 Å². The molecule has 2 nitrogen and oxygen atoms in total. The van der Waals surface area contributed by atoms with E-state index in [4.69, 9.17) is 0 Å². The normalized spacial score (nSPS) is 36.7. The Balaban J connectivity index is 1.45. The number of halogens is 1. The third kappa shape index (κ3) is 2.58. The molecular weight excluding hydrogens is 265 g/mol. The average Bonchev–Trinajstić information content (AvgIpc) is 2.35. The van der Waals surface area contributed by atoms with E-state index in [0.29, 0.717) is 12.1 Å². The van der Waals surface area contributed by atoms with Crippen molar-refractivity contribution < 1.29 is 9.18 Å². The summed E-state index contributed by atoms with van der Waals surface area (Å²) < 4.78 is 13.2. The third-order valence-electron chi connectivity index (χ3n) is 5.81. The van der Waals surface area contributed by atoms with Gasteiger partial charge in [-0.25, -0.2) is 4.39 Å². The molecule has 5 rings (SSSR count). The number of nitrogens with one attached hydrogen (secondary N) is 1. The number of anilines is 1. The van der Waals surface area contributed by atoms with Crippen LogP contribution in [0.5, 0.6) is 0 Å². The molecule has 1 aromatic rings. The Kier molecular flexibility index (Phi) is 3.05. The van der Waals surface area contributed by atoms with E-state index in [1.54, 1.807) is 12.1 Å². The van der Waals surface area contributed by atoms with E-state index in [0.717, 1.165) is 17.8 Å². The lowest BCUT2D eigenvalue weighted by Gasteiger charge is -2.56. The van der Waals surface area contributed by atoms with Gasteiger partial charge in [0.2, 0.25) is 5.91 Å². The fourth-order valence-electron chi connectivity index (χ4n) is 5.62. The molecular formula is C18H22FNO. The van der Waals surface area contributed by atoms with Crippen molar-refractivity contribution >= 4 is 11.6 Å². The smallest absolute Gasteiger partial charge is 0.224 e. The van der Waals surface area contributed by atoms with E-state index >= 15 is 0 Å². The molecule has 1 amide bonds. The van der Waals surface area contributed by atoms with Crippen LogP contribution in [0.1, 0.15) is 44.9 Å². The van der Waals surface area contributed by atoms with Crippen molar-refractivity contribution in [2.45, 2.75) is 44.9 Å². The maximum atomic E-state index is 13.2. The van der Waals surface area contributed by atoms with Gasteiger partial charge in [0.15, 0.2) is 0 Å². The molecule has 4 aliphatic rings. The van der Waals surface area contributed by atoms with Crippen LogP contribution in [-0.2, 0) is 4.79 Å². The van der Waals surface area contributed by atoms with Gasteiger partial charge in [0.1, 0.15) is 5.82 Å². The van der Waals surface area contributed by atoms with Gasteiger partial charge in [0.05, 0.1) is 0 Å². The Labute approximate surface area is 125 Å². The van der Waals surface area contributed by atoms with Crippen LogP contribution >= 0.6 is 0 Å². The predicted molar refractivity (Wildman–Crippen MR) is 80.3 cm³/mol. The third-order valence-corrected chi connectivity index (χ3v) is 5.81. The number of benzene rings is 1. The summed E-state index contributed by atoms with van der Waals surface area (Å²) in [6.45, 7) is 0. The van der Waals surface area contributed by atoms with E-state index in [9.17, 15) is 9.18 Å². The molecule has 4 fully saturated rings. The summed E-state index contributed by atoms with van der Waals surface area (Å²) in [4.78, 5) is 12.4. The Morgan fingerprint density at radius 1 is 1.14 bits per heavy atom. The van der Waals surface area contributed by atoms with Crippen molar-refractivity contribution in [3.8, 4) is 0 Å². The van der Waals surface area contributed by atoms with E-state index in [1.807, 2.05) is 0 Å². The largest absolute Gasteiger partial charge is 0.326 e. The summed E-state index contributed by atoms with van der Waals surface area (Å²) in [5, 5.41) is 2.88. The van der Waals surface area contributed by atoms with E-state index < -0.39 is 0 Å². The zero-order valence-corrected chi connectivity index (χ0v) is 12.3. The predicted octanol–water partition coefficient (Wildman–Crippen LogP) is 4.37. The molecule has 0 unspecified atom stereocenters. The van der Waals surface area contributed by atoms with Crippen LogP contribution in [0.15, 0.2) is 24.3 Å². The highest BCUT2D eigenvalue weighted by atomic mass is 19.1. The lowest BCUT2D eigenvalue weighted by molar-refractivity contribution is -0.124. The summed E-state index contributed by atoms with van der Waals surface area (Å²) >= 11 is 0. The van der Waals surface area contributed by atoms with E-state index in [1.165, 1.54) is 50.7 Å². The number of hydrogen-bond donors (Lipinski definition) is 1. The molecule has 21 heavy (non-hydrogen) atoms. The molecule has 0 saturated heterocycles. The van der Waals surface area contributed by atoms with Crippen LogP contribution in [0.25, 0.3) is 0 Å². The first kappa shape index (κ1) is 13.3. The Morgan fingerprint density at radius 2 is 1.76 bits per heavy atom. The van der Waals surface area contributed by atoms with Gasteiger partial charge >= 0.3 is 0 Å². The number of carbonyl (C=O) groups excluding carboxylic acids is 1. The molecule has 4 saturated carbocycles. The van der Waals surface area contributed by atoms with Gasteiger partial charge in [-0.3, -0.25) is 4.79 Å². The molecule has 0 aliphatic heterocycles. The SMILES string of the molecule is O=C(CC12CC3CC(CC(C3)C1)C2)Nc1cccc(F)c1. The van der Waals surface area contributed by atoms with Crippen molar-refractivity contribution in [1.29, 1.82) is 0 Å². The maximum absolute atomic E-state index is 13.2. The molecule has 0 heterocycles. The van der Waals surface area contributed by atoms with Gasteiger partial charge in [-0.15, -0.1) is 0 Å². The van der Waals surface area contributed by atoms with Crippen LogP contribution in [0.2, 0.25) is 0 Å². The van der Waals surface area contributed by atoms with Gasteiger partial charge < -0.3 is 5.32 Å². The van der Waals surface area contributed by atoms with Crippen molar-refractivity contribution in [2.24, 2.45) is 23.2 Å². The first-order chi connectivity index (χ1) is 10.1. The fourth-order valence-corrected chi connectivity index (χ4v) is 5.62. The van der Waals surface area contributed by atoms with Crippen molar-refractivity contribution in [3.63, 3.8) is 0 Å². The molecule has 0 aromatic heterocycles. The molecule has 0 atom stereocenters. The summed E-state index contributed by atoms with van der Waals surface area (Å²) in [6, 6.07) is 6.17. The molecule has 4 bridgehead atoms. The number of rotatable bonds is 3. The highest BCUT2D eigenvalue weighted by Gasteiger charge is 2.51. The first-order valence-electron chi connectivity index (χ1n) is 8.16. The molecule has 1 aromatic carbocycles. The number of hydrogen-bond acceptors (Lipinski definition) is 1. The van der Waals surface area contributed by atoms with Crippen molar-refractivity contribution in [2.75, 3.05) is 5.32 Å². The molecule has 3 heteroatoms. The Morgan fingerprint density at radius 3 is 2.33 bits per heavy atom. The van der Waals surface area contributed by atoms with Gasteiger partial charge in [-0.2, -0.15) is 0 Å². The number of amides is 1. The quantitative estimate of drug-likeness (QED) is 0.878. The molecule has 1 N–H and O–H groups in total. The highest BCUT2D eigenvalue weighted by Crippen LogP contribution is 2.61. The summed E-state index contributed by atoms with van der Waals surface area (Å²) in [6.07, 6.45) is 8.49. The molecule has 112 valence electrons. The second-order valence-electron chi connectivity index (χ2n) is 7.65. The van der Waals surface area contributed by atoms with Gasteiger partial charge in [-0.1, -0.05) is 6.07 Å². The second-order valence-corrected chi connectivity index (χ2v) is 7.65. The Bertz CT molecular complexity index is 533. The zero-order chi connectivity index (χ0) is 14.4. The van der Waals surface area contributed by atoms with E-state index in [-0.39, 0.29) is 17.1 Å². The topological polar surface area (TPSA) is 29.1 Å². The van der Waals surface area contributed by atoms with Crippen LogP contribution in [0.4, 0.5) is 10.1 Å². The number of carbonyl (C=O) groups is 1. The standard InChI is InChI=1S/C18H22FNO/c19-15-2-1-3-16(7-15)20-17(21)11-18-8-12-4-13(9-18)6-14(5-12)10-18/h1-3,7,12-14H,4-6,8-11H2,(H,20,21). The van der Waals surface area contributed by atoms with Crippen LogP contribution in [0, 0.1) is 29.0 Å². The molecule has 0 spiro atoms. The summed E-state index contributed by atoms with van der Waals surface area (Å²) in [5.41, 5.74) is 0.816. The van der Waals surface area contributed by atoms with Gasteiger partial charge in [0, 0.05) is 12.1 Å². The van der Waals surface area contributed by atoms with Crippen LogP contribution < -0.4 is 5.32 Å². The van der Waals surface area contributed by atoms with Gasteiger partial charge in [0.25, 0.3) is 0 Å². The van der Waals surface area contributed by atoms with Gasteiger partial charge in [-0.05, 0) is 79.9 Å². The minimum Gasteiger partial charge on any atom is -0.326 e. The lowest BCUT2D eigenvalue weighted by atomic mass is 9.49. The van der Waals surface area contributed by atoms with Crippen molar-refractivity contribution in [3.05, 3.63) is 30.1 Å². The minimum absolute atomic E-state index is 0.0579. The average molecular weight is 287 g/mol. The first-order valence-corrected chi connectivity index (χ1v) is 8.16. The molecule has 0 radical (unpaired) electrons. The lowest BCUT2D eigenvalue weighted by Crippen LogP contribution is -2.47. The second kappa shape index (κ2) is 4.82. The van der Waals surface area contributed by atoms with Crippen molar-refractivity contribution in [1.82, 2.24) is 0 Å². The minimum atomic E-state index is -0.303. The van der Waals surface area contributed by atoms with Crippen LogP contribution in [0.3, 0.4) is 0 Å². The summed E-state index contributed by atoms with van der Waals surface area (Å²) in [5.74, 6) is 2.33.